The zero-order valence-electron chi connectivity index (χ0n) is 14.4. The molecule has 1 heterocycles. The highest BCUT2D eigenvalue weighted by atomic mass is 35.5. The van der Waals surface area contributed by atoms with Crippen molar-refractivity contribution < 1.29 is 33.6 Å². The van der Waals surface area contributed by atoms with E-state index in [9.17, 15) is 25.3 Å². The van der Waals surface area contributed by atoms with Crippen molar-refractivity contribution in [2.45, 2.75) is 22.0 Å². The van der Waals surface area contributed by atoms with Gasteiger partial charge >= 0.3 is 0 Å². The van der Waals surface area contributed by atoms with Crippen LogP contribution in [0.25, 0.3) is 0 Å². The van der Waals surface area contributed by atoms with E-state index in [4.69, 9.17) is 31.6 Å². The van der Waals surface area contributed by atoms with Gasteiger partial charge < -0.3 is 0 Å². The molecule has 0 amide bonds. The van der Waals surface area contributed by atoms with Gasteiger partial charge in [0.15, 0.2) is 9.84 Å². The Morgan fingerprint density at radius 1 is 0.690 bits per heavy atom. The van der Waals surface area contributed by atoms with Crippen LogP contribution in [0.4, 0.5) is 0 Å². The summed E-state index contributed by atoms with van der Waals surface area (Å²) < 4.78 is 83.8. The first-order valence-corrected chi connectivity index (χ1v) is 13.4. The lowest BCUT2D eigenvalue weighted by Gasteiger charge is -2.18. The van der Waals surface area contributed by atoms with Crippen LogP contribution in [0.5, 0.6) is 0 Å². The fourth-order valence-corrected chi connectivity index (χ4v) is 6.92. The van der Waals surface area contributed by atoms with Gasteiger partial charge in [-0.3, -0.25) is 8.37 Å². The zero-order valence-corrected chi connectivity index (χ0v) is 18.4. The van der Waals surface area contributed by atoms with E-state index < -0.39 is 53.8 Å². The molecule has 29 heavy (non-hydrogen) atoms. The van der Waals surface area contributed by atoms with Crippen LogP contribution in [-0.2, 0) is 38.4 Å². The normalized spacial score (nSPS) is 21.9. The Bertz CT molecular complexity index is 1110. The highest BCUT2D eigenvalue weighted by molar-refractivity contribution is 7.92. The van der Waals surface area contributed by atoms with E-state index in [0.29, 0.717) is 10.0 Å². The minimum Gasteiger partial charge on any atom is -0.259 e. The number of hydrogen-bond acceptors (Lipinski definition) is 8. The number of sulfone groups is 1. The van der Waals surface area contributed by atoms with Crippen LogP contribution in [0, 0.1) is 0 Å². The van der Waals surface area contributed by atoms with Crippen molar-refractivity contribution in [1.29, 1.82) is 0 Å². The van der Waals surface area contributed by atoms with Crippen LogP contribution in [0.3, 0.4) is 0 Å². The summed E-state index contributed by atoms with van der Waals surface area (Å²) in [5.41, 5.74) is 0. The predicted molar refractivity (Wildman–Crippen MR) is 106 cm³/mol. The van der Waals surface area contributed by atoms with Gasteiger partial charge in [-0.2, -0.15) is 16.8 Å². The first kappa shape index (κ1) is 22.5. The molecule has 2 aromatic carbocycles. The van der Waals surface area contributed by atoms with Gasteiger partial charge in [0.1, 0.15) is 12.2 Å². The molecule has 0 N–H and O–H groups in total. The minimum atomic E-state index is -4.38. The third-order valence-corrected chi connectivity index (χ3v) is 8.83. The highest BCUT2D eigenvalue weighted by Crippen LogP contribution is 2.27. The lowest BCUT2D eigenvalue weighted by atomic mass is 10.3. The average Bonchev–Trinajstić information content (AvgIpc) is 2.87. The van der Waals surface area contributed by atoms with E-state index in [1.807, 2.05) is 0 Å². The smallest absolute Gasteiger partial charge is 0.259 e. The van der Waals surface area contributed by atoms with Crippen molar-refractivity contribution >= 4 is 53.3 Å². The van der Waals surface area contributed by atoms with Gasteiger partial charge in [-0.15, -0.1) is 0 Å². The molecular formula is C16H14Cl2O8S3. The summed E-state index contributed by atoms with van der Waals surface area (Å²) in [5, 5.41) is 0.588. The molecular weight excluding hydrogens is 487 g/mol. The van der Waals surface area contributed by atoms with E-state index >= 15 is 0 Å². The fourth-order valence-electron chi connectivity index (χ4n) is 2.60. The van der Waals surface area contributed by atoms with Crippen LogP contribution in [0.2, 0.25) is 10.0 Å². The molecule has 158 valence electrons. The van der Waals surface area contributed by atoms with Crippen molar-refractivity contribution in [1.82, 2.24) is 0 Å². The van der Waals surface area contributed by atoms with Crippen LogP contribution < -0.4 is 0 Å². The predicted octanol–water partition coefficient (Wildman–Crippen LogP) is 2.27. The van der Waals surface area contributed by atoms with Gasteiger partial charge in [-0.1, -0.05) is 23.2 Å². The Morgan fingerprint density at radius 3 is 1.31 bits per heavy atom. The van der Waals surface area contributed by atoms with E-state index in [-0.39, 0.29) is 9.79 Å². The summed E-state index contributed by atoms with van der Waals surface area (Å²) in [6, 6.07) is 10.0. The van der Waals surface area contributed by atoms with E-state index in [2.05, 4.69) is 0 Å². The number of rotatable bonds is 6. The Balaban J connectivity index is 1.85. The molecule has 0 bridgehead atoms. The number of benzene rings is 2. The summed E-state index contributed by atoms with van der Waals surface area (Å²) in [6.07, 6.45) is -3.08. The Kier molecular flexibility index (Phi) is 6.31. The molecule has 8 nitrogen and oxygen atoms in total. The Hall–Kier alpha value is -1.21. The molecule has 0 saturated carbocycles. The third kappa shape index (κ3) is 5.48. The summed E-state index contributed by atoms with van der Waals surface area (Å²) in [6.45, 7) is 0. The fraction of sp³-hybridized carbons (Fsp3) is 0.250. The maximum atomic E-state index is 12.4. The van der Waals surface area contributed by atoms with Crippen LogP contribution in [-0.4, -0.2) is 49.0 Å². The van der Waals surface area contributed by atoms with Crippen molar-refractivity contribution in [3.05, 3.63) is 58.6 Å². The SMILES string of the molecule is O=S1(=O)C[C@H](OS(=O)(=O)c2ccc(Cl)cc2)[C@@H](OS(=O)(=O)c2ccc(Cl)cc2)C1. The molecule has 0 aliphatic carbocycles. The minimum absolute atomic E-state index is 0.259. The van der Waals surface area contributed by atoms with Gasteiger partial charge in [-0.05, 0) is 48.5 Å². The molecule has 2 atom stereocenters. The van der Waals surface area contributed by atoms with Crippen molar-refractivity contribution in [2.75, 3.05) is 11.5 Å². The molecule has 3 rings (SSSR count). The first-order chi connectivity index (χ1) is 13.4. The summed E-state index contributed by atoms with van der Waals surface area (Å²) in [7, 11) is -12.6. The van der Waals surface area contributed by atoms with Gasteiger partial charge in [0.05, 0.1) is 21.3 Å². The van der Waals surface area contributed by atoms with Crippen molar-refractivity contribution in [3.63, 3.8) is 0 Å². The molecule has 0 aromatic heterocycles. The van der Waals surface area contributed by atoms with Gasteiger partial charge in [0, 0.05) is 10.0 Å². The Labute approximate surface area is 178 Å². The maximum Gasteiger partial charge on any atom is 0.297 e. The molecule has 1 fully saturated rings. The van der Waals surface area contributed by atoms with E-state index in [0.717, 1.165) is 0 Å². The number of halogens is 2. The van der Waals surface area contributed by atoms with Crippen molar-refractivity contribution in [2.24, 2.45) is 0 Å². The second-order valence-electron chi connectivity index (χ2n) is 6.16. The summed E-state index contributed by atoms with van der Waals surface area (Å²) in [4.78, 5) is -0.518. The Morgan fingerprint density at radius 2 is 1.00 bits per heavy atom. The molecule has 0 unspecified atom stereocenters. The molecule has 1 aliphatic heterocycles. The molecule has 0 spiro atoms. The van der Waals surface area contributed by atoms with Crippen LogP contribution >= 0.6 is 23.2 Å². The lowest BCUT2D eigenvalue weighted by molar-refractivity contribution is 0.101. The standard InChI is InChI=1S/C16H14Cl2O8S3/c17-11-1-5-13(6-2-11)28(21,22)25-15-9-27(19,20)10-16(15)26-29(23,24)14-7-3-12(18)4-8-14/h1-8,15-16H,9-10H2/t15-,16-/m0/s1. The number of hydrogen-bond donors (Lipinski definition) is 0. The molecule has 13 heteroatoms. The van der Waals surface area contributed by atoms with E-state index in [1.54, 1.807) is 0 Å². The highest BCUT2D eigenvalue weighted by Gasteiger charge is 2.44. The summed E-state index contributed by atoms with van der Waals surface area (Å²) >= 11 is 11.4. The second-order valence-corrected chi connectivity index (χ2v) is 12.3. The molecule has 1 saturated heterocycles. The second kappa shape index (κ2) is 8.14. The van der Waals surface area contributed by atoms with Crippen molar-refractivity contribution in [3.8, 4) is 0 Å². The maximum absolute atomic E-state index is 12.4. The third-order valence-electron chi connectivity index (χ3n) is 3.96. The van der Waals surface area contributed by atoms with Gasteiger partial charge in [-0.25, -0.2) is 8.42 Å². The lowest BCUT2D eigenvalue weighted by Crippen LogP contribution is -2.34. The quantitative estimate of drug-likeness (QED) is 0.553. The van der Waals surface area contributed by atoms with E-state index in [1.165, 1.54) is 48.5 Å². The van der Waals surface area contributed by atoms with Gasteiger partial charge in [0.2, 0.25) is 0 Å². The largest absolute Gasteiger partial charge is 0.297 e. The topological polar surface area (TPSA) is 121 Å². The summed E-state index contributed by atoms with van der Waals surface area (Å²) in [5.74, 6) is -1.42. The van der Waals surface area contributed by atoms with Crippen LogP contribution in [0.15, 0.2) is 58.3 Å². The average molecular weight is 501 g/mol. The zero-order chi connectivity index (χ0) is 21.4. The molecule has 2 aromatic rings. The first-order valence-electron chi connectivity index (χ1n) is 7.96. The molecule has 1 aliphatic rings. The van der Waals surface area contributed by atoms with Crippen LogP contribution in [0.1, 0.15) is 0 Å². The van der Waals surface area contributed by atoms with Gasteiger partial charge in [0.25, 0.3) is 20.2 Å². The molecule has 0 radical (unpaired) electrons. The monoisotopic (exact) mass is 500 g/mol.